The molecule has 0 saturated carbocycles. The smallest absolute Gasteiger partial charge is 0.0991 e. The van der Waals surface area contributed by atoms with Crippen LogP contribution in [0.5, 0.6) is 0 Å². The summed E-state index contributed by atoms with van der Waals surface area (Å²) in [7, 11) is 0. The molecule has 0 fully saturated rings. The third kappa shape index (κ3) is 3.65. The van der Waals surface area contributed by atoms with Crippen LogP contribution in [0.4, 0.5) is 0 Å². The van der Waals surface area contributed by atoms with E-state index in [1.807, 2.05) is 51.2 Å². The average molecular weight is 356 g/mol. The second-order valence-corrected chi connectivity index (χ2v) is 6.87. The van der Waals surface area contributed by atoms with Crippen molar-refractivity contribution >= 4 is 0 Å². The molecule has 1 N–H and O–H groups in total. The third-order valence-electron chi connectivity index (χ3n) is 5.05. The molecule has 0 aliphatic heterocycles. The predicted molar refractivity (Wildman–Crippen MR) is 105 cm³/mol. The number of hydrogen-bond acceptors (Lipinski definition) is 3. The molecule has 3 aromatic rings. The zero-order valence-corrected chi connectivity index (χ0v) is 15.8. The number of nitriles is 1. The van der Waals surface area contributed by atoms with Crippen LogP contribution in [0.2, 0.25) is 0 Å². The minimum Gasteiger partial charge on any atom is -0.396 e. The SMILES string of the molecule is [C]c1c(-c2ccc(C#N)cc2)c(C)n(Cc2ccc(C(C)CO)nc2)c1C. The zero-order chi connectivity index (χ0) is 19.6. The maximum Gasteiger partial charge on any atom is 0.0991 e. The molecule has 0 spiro atoms. The van der Waals surface area contributed by atoms with Gasteiger partial charge in [-0.2, -0.15) is 5.26 Å². The van der Waals surface area contributed by atoms with Crippen molar-refractivity contribution in [3.8, 4) is 17.2 Å². The van der Waals surface area contributed by atoms with Crippen LogP contribution in [-0.2, 0) is 6.54 Å². The normalized spacial score (nSPS) is 12.0. The molecule has 0 bridgehead atoms. The van der Waals surface area contributed by atoms with E-state index < -0.39 is 0 Å². The van der Waals surface area contributed by atoms with Crippen LogP contribution in [0.3, 0.4) is 0 Å². The Morgan fingerprint density at radius 3 is 2.41 bits per heavy atom. The summed E-state index contributed by atoms with van der Waals surface area (Å²) in [4.78, 5) is 4.46. The van der Waals surface area contributed by atoms with Crippen molar-refractivity contribution in [2.75, 3.05) is 6.61 Å². The van der Waals surface area contributed by atoms with Gasteiger partial charge in [-0.15, -0.1) is 0 Å². The molecule has 0 saturated heterocycles. The molecule has 27 heavy (non-hydrogen) atoms. The van der Waals surface area contributed by atoms with Crippen molar-refractivity contribution in [2.45, 2.75) is 33.2 Å². The summed E-state index contributed by atoms with van der Waals surface area (Å²) in [6, 6.07) is 13.5. The molecule has 0 aliphatic rings. The van der Waals surface area contributed by atoms with Gasteiger partial charge in [0, 0.05) is 48.2 Å². The number of aliphatic hydroxyl groups excluding tert-OH is 1. The Kier molecular flexibility index (Phi) is 5.43. The number of rotatable bonds is 5. The van der Waals surface area contributed by atoms with E-state index in [2.05, 4.69) is 15.6 Å². The van der Waals surface area contributed by atoms with Crippen LogP contribution in [0.25, 0.3) is 11.1 Å². The first kappa shape index (κ1) is 18.9. The summed E-state index contributed by atoms with van der Waals surface area (Å²) in [6.07, 6.45) is 1.84. The Hall–Kier alpha value is -2.90. The lowest BCUT2D eigenvalue weighted by Gasteiger charge is -2.12. The highest BCUT2D eigenvalue weighted by Crippen LogP contribution is 2.32. The summed E-state index contributed by atoms with van der Waals surface area (Å²) in [5, 5.41) is 18.2. The highest BCUT2D eigenvalue weighted by atomic mass is 16.3. The average Bonchev–Trinajstić information content (AvgIpc) is 2.91. The first-order valence-corrected chi connectivity index (χ1v) is 8.93. The van der Waals surface area contributed by atoms with Crippen LogP contribution in [0, 0.1) is 32.1 Å². The predicted octanol–water partition coefficient (Wildman–Crippen LogP) is 4.12. The minimum atomic E-state index is 0.0249. The fraction of sp³-hybridized carbons (Fsp3) is 0.261. The van der Waals surface area contributed by atoms with E-state index in [9.17, 15) is 5.11 Å². The maximum absolute atomic E-state index is 9.26. The standard InChI is InChI=1S/C23H22N3O/c1-15(14-27)22-10-7-20(12-25-22)13-26-17(3)16(2)23(18(26)4)21-8-5-19(11-24)6-9-21/h5-10,12,15,27H,13-14H2,1,3-4H3. The van der Waals surface area contributed by atoms with E-state index in [4.69, 9.17) is 12.2 Å². The van der Waals surface area contributed by atoms with E-state index in [1.165, 1.54) is 0 Å². The van der Waals surface area contributed by atoms with Crippen LogP contribution >= 0.6 is 0 Å². The summed E-state index contributed by atoms with van der Waals surface area (Å²) < 4.78 is 2.13. The van der Waals surface area contributed by atoms with Gasteiger partial charge in [-0.05, 0) is 48.7 Å². The van der Waals surface area contributed by atoms with Gasteiger partial charge in [0.1, 0.15) is 0 Å². The Balaban J connectivity index is 1.94. The summed E-state index contributed by atoms with van der Waals surface area (Å²) in [5.41, 5.74) is 6.82. The van der Waals surface area contributed by atoms with Gasteiger partial charge in [0.05, 0.1) is 18.2 Å². The minimum absolute atomic E-state index is 0.0249. The topological polar surface area (TPSA) is 61.8 Å². The number of benzene rings is 1. The van der Waals surface area contributed by atoms with Crippen molar-refractivity contribution in [3.05, 3.63) is 83.3 Å². The number of pyridine rings is 1. The van der Waals surface area contributed by atoms with Crippen molar-refractivity contribution in [3.63, 3.8) is 0 Å². The third-order valence-corrected chi connectivity index (χ3v) is 5.05. The lowest BCUT2D eigenvalue weighted by atomic mass is 10.0. The van der Waals surface area contributed by atoms with Crippen LogP contribution < -0.4 is 0 Å². The number of nitrogens with zero attached hydrogens (tertiary/aromatic N) is 3. The second-order valence-electron chi connectivity index (χ2n) is 6.87. The van der Waals surface area contributed by atoms with Crippen LogP contribution in [0.15, 0.2) is 42.6 Å². The van der Waals surface area contributed by atoms with Crippen molar-refractivity contribution < 1.29 is 5.11 Å². The first-order chi connectivity index (χ1) is 13.0. The van der Waals surface area contributed by atoms with E-state index >= 15 is 0 Å². The quantitative estimate of drug-likeness (QED) is 0.748. The molecule has 4 heteroatoms. The van der Waals surface area contributed by atoms with E-state index in [-0.39, 0.29) is 12.5 Å². The number of aromatic nitrogens is 2. The fourth-order valence-corrected chi connectivity index (χ4v) is 3.28. The fourth-order valence-electron chi connectivity index (χ4n) is 3.28. The highest BCUT2D eigenvalue weighted by Gasteiger charge is 2.17. The molecule has 2 heterocycles. The van der Waals surface area contributed by atoms with Crippen molar-refractivity contribution in [1.29, 1.82) is 5.26 Å². The highest BCUT2D eigenvalue weighted by molar-refractivity contribution is 5.73. The molecule has 0 aliphatic carbocycles. The molecule has 0 amide bonds. The second kappa shape index (κ2) is 7.77. The van der Waals surface area contributed by atoms with Gasteiger partial charge in [0.2, 0.25) is 0 Å². The van der Waals surface area contributed by atoms with Gasteiger partial charge in [-0.25, -0.2) is 0 Å². The Morgan fingerprint density at radius 1 is 1.15 bits per heavy atom. The largest absolute Gasteiger partial charge is 0.396 e. The van der Waals surface area contributed by atoms with Crippen molar-refractivity contribution in [1.82, 2.24) is 9.55 Å². The Morgan fingerprint density at radius 2 is 1.85 bits per heavy atom. The molecule has 1 atom stereocenters. The van der Waals surface area contributed by atoms with Crippen LogP contribution in [0.1, 0.15) is 46.6 Å². The molecule has 3 rings (SSSR count). The van der Waals surface area contributed by atoms with Gasteiger partial charge < -0.3 is 9.67 Å². The van der Waals surface area contributed by atoms with E-state index in [0.717, 1.165) is 33.8 Å². The number of aliphatic hydroxyl groups is 1. The zero-order valence-electron chi connectivity index (χ0n) is 15.8. The molecular weight excluding hydrogens is 334 g/mol. The number of hydrogen-bond donors (Lipinski definition) is 1. The van der Waals surface area contributed by atoms with Crippen molar-refractivity contribution in [2.24, 2.45) is 0 Å². The lowest BCUT2D eigenvalue weighted by molar-refractivity contribution is 0.271. The summed E-state index contributed by atoms with van der Waals surface area (Å²) in [6.45, 7) is 15.2. The molecule has 135 valence electrons. The van der Waals surface area contributed by atoms with E-state index in [0.29, 0.717) is 17.7 Å². The molecule has 1 aromatic carbocycles. The van der Waals surface area contributed by atoms with Gasteiger partial charge in [-0.1, -0.05) is 25.1 Å². The summed E-state index contributed by atoms with van der Waals surface area (Å²) >= 11 is 0. The maximum atomic E-state index is 9.26. The molecule has 3 radical (unpaired) electrons. The molecule has 2 aromatic heterocycles. The van der Waals surface area contributed by atoms with Gasteiger partial charge in [0.15, 0.2) is 0 Å². The summed E-state index contributed by atoms with van der Waals surface area (Å²) in [5.74, 6) is 0.0249. The lowest BCUT2D eigenvalue weighted by Crippen LogP contribution is -2.06. The van der Waals surface area contributed by atoms with Gasteiger partial charge in [-0.3, -0.25) is 4.98 Å². The van der Waals surface area contributed by atoms with Crippen LogP contribution in [-0.4, -0.2) is 21.3 Å². The van der Waals surface area contributed by atoms with Gasteiger partial charge >= 0.3 is 0 Å². The molecule has 1 unspecified atom stereocenters. The molecular formula is C23H22N3O. The van der Waals surface area contributed by atoms with Gasteiger partial charge in [0.25, 0.3) is 0 Å². The molecule has 4 nitrogen and oxygen atoms in total. The Labute approximate surface area is 160 Å². The Bertz CT molecular complexity index is 976. The first-order valence-electron chi connectivity index (χ1n) is 8.93. The van der Waals surface area contributed by atoms with E-state index in [1.54, 1.807) is 12.1 Å². The monoisotopic (exact) mass is 356 g/mol.